The lowest BCUT2D eigenvalue weighted by Crippen LogP contribution is -2.11. The third-order valence-corrected chi connectivity index (χ3v) is 4.65. The largest absolute Gasteiger partial charge is 0.250 e. The fourth-order valence-electron chi connectivity index (χ4n) is 3.54. The van der Waals surface area contributed by atoms with E-state index < -0.39 is 0 Å². The zero-order valence-corrected chi connectivity index (χ0v) is 13.2. The molecule has 2 nitrogen and oxygen atoms in total. The Bertz CT molecular complexity index is 962. The number of benzene rings is 2. The van der Waals surface area contributed by atoms with E-state index in [0.29, 0.717) is 0 Å². The maximum Gasteiger partial charge on any atom is 0.0974 e. The van der Waals surface area contributed by atoms with Crippen molar-refractivity contribution in [3.63, 3.8) is 0 Å². The Morgan fingerprint density at radius 3 is 1.67 bits per heavy atom. The van der Waals surface area contributed by atoms with Gasteiger partial charge in [0.2, 0.25) is 0 Å². The van der Waals surface area contributed by atoms with Crippen LogP contribution >= 0.6 is 0 Å². The minimum absolute atomic E-state index is 0.896. The highest BCUT2D eigenvalue weighted by atomic mass is 14.8. The quantitative estimate of drug-likeness (QED) is 0.735. The van der Waals surface area contributed by atoms with E-state index in [1.165, 1.54) is 21.9 Å². The minimum Gasteiger partial charge on any atom is -0.250 e. The molecule has 24 heavy (non-hydrogen) atoms. The third-order valence-electron chi connectivity index (χ3n) is 4.65. The Hall–Kier alpha value is -3.00. The molecule has 3 aliphatic carbocycles. The Labute approximate surface area is 141 Å². The van der Waals surface area contributed by atoms with E-state index in [1.54, 1.807) is 0 Å². The number of nitrogens with zero attached hydrogens (tertiary/aromatic N) is 2. The summed E-state index contributed by atoms with van der Waals surface area (Å²) < 4.78 is 0. The zero-order chi connectivity index (χ0) is 15.9. The van der Waals surface area contributed by atoms with Gasteiger partial charge in [-0.25, -0.2) is 0 Å². The normalized spacial score (nSPS) is 21.3. The van der Waals surface area contributed by atoms with Crippen LogP contribution in [0.1, 0.15) is 24.0 Å². The van der Waals surface area contributed by atoms with Crippen LogP contribution in [0.2, 0.25) is 0 Å². The van der Waals surface area contributed by atoms with Gasteiger partial charge in [-0.3, -0.25) is 9.98 Å². The monoisotopic (exact) mass is 308 g/mol. The van der Waals surface area contributed by atoms with Gasteiger partial charge in [0.15, 0.2) is 0 Å². The summed E-state index contributed by atoms with van der Waals surface area (Å²) in [5.74, 6) is 0. The molecule has 0 atom stereocenters. The predicted molar refractivity (Wildman–Crippen MR) is 101 cm³/mol. The summed E-state index contributed by atoms with van der Waals surface area (Å²) in [6.45, 7) is 0. The van der Waals surface area contributed by atoms with Crippen LogP contribution in [0.4, 0.5) is 0 Å². The zero-order valence-electron chi connectivity index (χ0n) is 13.2. The predicted octanol–water partition coefficient (Wildman–Crippen LogP) is 5.12. The number of aliphatic imine (C=N–C) groups is 2. The maximum absolute atomic E-state index is 4.98. The van der Waals surface area contributed by atoms with E-state index >= 15 is 0 Å². The molecule has 2 aromatic rings. The van der Waals surface area contributed by atoms with Crippen molar-refractivity contribution < 1.29 is 0 Å². The lowest BCUT2D eigenvalue weighted by molar-refractivity contribution is 1.19. The van der Waals surface area contributed by atoms with Gasteiger partial charge in [-0.1, -0.05) is 60.7 Å². The average Bonchev–Trinajstić information content (AvgIpc) is 3.35. The smallest absolute Gasteiger partial charge is 0.0974 e. The van der Waals surface area contributed by atoms with Crippen molar-refractivity contribution in [3.05, 3.63) is 95.4 Å². The second-order valence-corrected chi connectivity index (χ2v) is 6.21. The van der Waals surface area contributed by atoms with Gasteiger partial charge < -0.3 is 0 Å². The van der Waals surface area contributed by atoms with Gasteiger partial charge in [-0.2, -0.15) is 0 Å². The molecule has 2 aromatic carbocycles. The molecule has 114 valence electrons. The Morgan fingerprint density at radius 1 is 0.667 bits per heavy atom. The molecule has 5 rings (SSSR count). The molecule has 0 radical (unpaired) electrons. The van der Waals surface area contributed by atoms with Crippen molar-refractivity contribution in [1.29, 1.82) is 0 Å². The van der Waals surface area contributed by atoms with Crippen LogP contribution in [0, 0.1) is 0 Å². The average molecular weight is 308 g/mol. The van der Waals surface area contributed by atoms with Crippen molar-refractivity contribution in [3.8, 4) is 0 Å². The van der Waals surface area contributed by atoms with E-state index in [1.807, 2.05) is 0 Å². The first-order valence-corrected chi connectivity index (χ1v) is 8.32. The maximum atomic E-state index is 4.98. The highest BCUT2D eigenvalue weighted by molar-refractivity contribution is 6.61. The Balaban J connectivity index is 1.76. The van der Waals surface area contributed by atoms with Crippen molar-refractivity contribution in [2.75, 3.05) is 0 Å². The fourth-order valence-corrected chi connectivity index (χ4v) is 3.54. The summed E-state index contributed by atoms with van der Waals surface area (Å²) in [6, 6.07) is 12.9. The second-order valence-electron chi connectivity index (χ2n) is 6.21. The lowest BCUT2D eigenvalue weighted by atomic mass is 10.1. The molecule has 0 unspecified atom stereocenters. The molecule has 2 heteroatoms. The summed E-state index contributed by atoms with van der Waals surface area (Å²) in [6.07, 6.45) is 14.4. The second kappa shape index (κ2) is 5.27. The van der Waals surface area contributed by atoms with Gasteiger partial charge in [-0.05, 0) is 17.5 Å². The van der Waals surface area contributed by atoms with Gasteiger partial charge in [0.05, 0.1) is 11.4 Å². The van der Waals surface area contributed by atoms with Crippen molar-refractivity contribution >= 4 is 22.2 Å². The SMILES string of the molecule is C1=CCC(N=C2C(=NC3=CC=CC3)c3cccc4cccc2c34)=C1. The standard InChI is InChI=1S/C22H16N2/c1-2-10-16(9-1)23-21-18-13-5-7-15-8-6-14-19(20(15)18)22(21)24-17-11-3-4-12-17/h1-9,11,13-14H,10,12H2. The van der Waals surface area contributed by atoms with Crippen LogP contribution in [0.3, 0.4) is 0 Å². The van der Waals surface area contributed by atoms with E-state index in [2.05, 4.69) is 72.9 Å². The molecule has 0 aromatic heterocycles. The molecule has 0 saturated carbocycles. The Morgan fingerprint density at radius 2 is 1.21 bits per heavy atom. The summed E-state index contributed by atoms with van der Waals surface area (Å²) >= 11 is 0. The number of rotatable bonds is 2. The highest BCUT2D eigenvalue weighted by Gasteiger charge is 2.27. The molecule has 0 spiro atoms. The van der Waals surface area contributed by atoms with Gasteiger partial charge in [0, 0.05) is 40.7 Å². The van der Waals surface area contributed by atoms with E-state index in [4.69, 9.17) is 9.98 Å². The third kappa shape index (κ3) is 2.04. The van der Waals surface area contributed by atoms with Crippen molar-refractivity contribution in [2.45, 2.75) is 12.8 Å². The van der Waals surface area contributed by atoms with E-state index in [9.17, 15) is 0 Å². The number of hydrogen-bond acceptors (Lipinski definition) is 2. The van der Waals surface area contributed by atoms with Crippen LogP contribution in [0.15, 0.2) is 94.2 Å². The summed E-state index contributed by atoms with van der Waals surface area (Å²) in [4.78, 5) is 9.95. The molecule has 0 bridgehead atoms. The molecule has 0 N–H and O–H groups in total. The summed E-state index contributed by atoms with van der Waals surface area (Å²) in [5, 5.41) is 2.52. The topological polar surface area (TPSA) is 24.7 Å². The van der Waals surface area contributed by atoms with Gasteiger partial charge in [0.1, 0.15) is 0 Å². The van der Waals surface area contributed by atoms with Gasteiger partial charge in [-0.15, -0.1) is 0 Å². The fraction of sp³-hybridized carbons (Fsp3) is 0.0909. The highest BCUT2D eigenvalue weighted by Crippen LogP contribution is 2.33. The molecular weight excluding hydrogens is 292 g/mol. The van der Waals surface area contributed by atoms with E-state index in [0.717, 1.165) is 35.7 Å². The summed E-state index contributed by atoms with van der Waals surface area (Å²) in [7, 11) is 0. The lowest BCUT2D eigenvalue weighted by Gasteiger charge is -2.04. The molecule has 0 saturated heterocycles. The molecular formula is C22H16N2. The van der Waals surface area contributed by atoms with Crippen LogP contribution in [-0.2, 0) is 0 Å². The Kier molecular flexibility index (Phi) is 2.95. The minimum atomic E-state index is 0.896. The van der Waals surface area contributed by atoms with Gasteiger partial charge in [0.25, 0.3) is 0 Å². The molecule has 3 aliphatic rings. The van der Waals surface area contributed by atoms with Crippen LogP contribution < -0.4 is 0 Å². The summed E-state index contributed by atoms with van der Waals surface area (Å²) in [5.41, 5.74) is 6.60. The van der Waals surface area contributed by atoms with E-state index in [-0.39, 0.29) is 0 Å². The van der Waals surface area contributed by atoms with Crippen molar-refractivity contribution in [2.24, 2.45) is 9.98 Å². The number of hydrogen-bond donors (Lipinski definition) is 0. The number of allylic oxidation sites excluding steroid dienone is 6. The van der Waals surface area contributed by atoms with Gasteiger partial charge >= 0.3 is 0 Å². The molecule has 0 aliphatic heterocycles. The van der Waals surface area contributed by atoms with Crippen LogP contribution in [-0.4, -0.2) is 11.4 Å². The van der Waals surface area contributed by atoms with Crippen molar-refractivity contribution in [1.82, 2.24) is 0 Å². The first-order valence-electron chi connectivity index (χ1n) is 8.32. The molecule has 0 heterocycles. The van der Waals surface area contributed by atoms with Crippen LogP contribution in [0.5, 0.6) is 0 Å². The van der Waals surface area contributed by atoms with Crippen LogP contribution in [0.25, 0.3) is 10.8 Å². The first kappa shape index (κ1) is 13.4. The molecule has 0 fully saturated rings. The molecule has 0 amide bonds. The first-order chi connectivity index (χ1) is 11.9.